The molecule has 1 aromatic carbocycles. The number of hydrogen-bond donors (Lipinski definition) is 2. The number of phenolic OH excluding ortho intramolecular Hbond substituents is 1. The molecule has 1 aliphatic rings. The number of aromatic hydroxyl groups is 1. The Hall–Kier alpha value is -1.22. The molecule has 1 fully saturated rings. The SMILES string of the molecule is COc1c(O)cc(C2(N)CCCC2)c(C)c1C. The molecular weight excluding hydrogens is 214 g/mol. The number of phenols is 1. The number of benzene rings is 1. The fraction of sp³-hybridized carbons (Fsp3) is 0.571. The molecule has 0 atom stereocenters. The Balaban J connectivity index is 2.56. The highest BCUT2D eigenvalue weighted by Crippen LogP contribution is 2.43. The van der Waals surface area contributed by atoms with Crippen LogP contribution >= 0.6 is 0 Å². The summed E-state index contributed by atoms with van der Waals surface area (Å²) < 4.78 is 5.22. The molecule has 94 valence electrons. The second-order valence-electron chi connectivity index (χ2n) is 5.09. The predicted molar refractivity (Wildman–Crippen MR) is 68.5 cm³/mol. The van der Waals surface area contributed by atoms with Crippen molar-refractivity contribution in [3.05, 3.63) is 22.8 Å². The van der Waals surface area contributed by atoms with Crippen LogP contribution in [0.15, 0.2) is 6.07 Å². The molecule has 2 rings (SSSR count). The van der Waals surface area contributed by atoms with Crippen LogP contribution in [0.3, 0.4) is 0 Å². The van der Waals surface area contributed by atoms with Gasteiger partial charge in [-0.1, -0.05) is 12.8 Å². The van der Waals surface area contributed by atoms with Gasteiger partial charge in [-0.15, -0.1) is 0 Å². The van der Waals surface area contributed by atoms with Crippen LogP contribution in [0.5, 0.6) is 11.5 Å². The molecule has 1 aromatic rings. The van der Waals surface area contributed by atoms with Gasteiger partial charge in [-0.2, -0.15) is 0 Å². The van der Waals surface area contributed by atoms with E-state index in [1.807, 2.05) is 6.92 Å². The van der Waals surface area contributed by atoms with Gasteiger partial charge >= 0.3 is 0 Å². The average molecular weight is 235 g/mol. The van der Waals surface area contributed by atoms with E-state index in [4.69, 9.17) is 10.5 Å². The topological polar surface area (TPSA) is 55.5 Å². The quantitative estimate of drug-likeness (QED) is 0.828. The third kappa shape index (κ3) is 1.89. The van der Waals surface area contributed by atoms with Crippen molar-refractivity contribution >= 4 is 0 Å². The van der Waals surface area contributed by atoms with E-state index in [9.17, 15) is 5.11 Å². The summed E-state index contributed by atoms with van der Waals surface area (Å²) in [6.07, 6.45) is 4.33. The maximum absolute atomic E-state index is 9.99. The first-order chi connectivity index (χ1) is 7.99. The van der Waals surface area contributed by atoms with E-state index in [0.717, 1.165) is 29.5 Å². The van der Waals surface area contributed by atoms with Crippen molar-refractivity contribution < 1.29 is 9.84 Å². The number of nitrogens with two attached hydrogens (primary N) is 1. The van der Waals surface area contributed by atoms with Crippen LogP contribution in [-0.2, 0) is 5.54 Å². The Labute approximate surface area is 103 Å². The van der Waals surface area contributed by atoms with E-state index in [0.29, 0.717) is 5.75 Å². The summed E-state index contributed by atoms with van der Waals surface area (Å²) in [6.45, 7) is 4.02. The molecule has 0 unspecified atom stereocenters. The van der Waals surface area contributed by atoms with E-state index in [2.05, 4.69) is 6.92 Å². The second kappa shape index (κ2) is 4.22. The molecular formula is C14H21NO2. The normalized spacial score (nSPS) is 18.4. The van der Waals surface area contributed by atoms with Crippen molar-refractivity contribution in [1.29, 1.82) is 0 Å². The minimum atomic E-state index is -0.265. The van der Waals surface area contributed by atoms with Gasteiger partial charge in [0.2, 0.25) is 0 Å². The highest BCUT2D eigenvalue weighted by atomic mass is 16.5. The highest BCUT2D eigenvalue weighted by molar-refractivity contribution is 5.54. The lowest BCUT2D eigenvalue weighted by atomic mass is 9.84. The zero-order chi connectivity index (χ0) is 12.6. The molecule has 0 bridgehead atoms. The second-order valence-corrected chi connectivity index (χ2v) is 5.09. The maximum atomic E-state index is 9.99. The van der Waals surface area contributed by atoms with Crippen molar-refractivity contribution in [1.82, 2.24) is 0 Å². The zero-order valence-electron chi connectivity index (χ0n) is 10.8. The Morgan fingerprint density at radius 1 is 1.24 bits per heavy atom. The van der Waals surface area contributed by atoms with Gasteiger partial charge in [-0.05, 0) is 49.4 Å². The molecule has 0 saturated heterocycles. The van der Waals surface area contributed by atoms with E-state index in [1.165, 1.54) is 12.8 Å². The van der Waals surface area contributed by atoms with Gasteiger partial charge in [0, 0.05) is 5.54 Å². The minimum Gasteiger partial charge on any atom is -0.504 e. The van der Waals surface area contributed by atoms with Crippen LogP contribution in [0.25, 0.3) is 0 Å². The Bertz CT molecular complexity index is 434. The van der Waals surface area contributed by atoms with Gasteiger partial charge in [-0.3, -0.25) is 0 Å². The molecule has 1 aliphatic carbocycles. The van der Waals surface area contributed by atoms with E-state index in [-0.39, 0.29) is 11.3 Å². The lowest BCUT2D eigenvalue weighted by Crippen LogP contribution is -2.34. The molecule has 0 aromatic heterocycles. The first-order valence-corrected chi connectivity index (χ1v) is 6.16. The number of rotatable bonds is 2. The Morgan fingerprint density at radius 3 is 2.35 bits per heavy atom. The lowest BCUT2D eigenvalue weighted by Gasteiger charge is -2.28. The predicted octanol–water partition coefficient (Wildman–Crippen LogP) is 2.75. The van der Waals surface area contributed by atoms with Crippen molar-refractivity contribution in [2.24, 2.45) is 5.73 Å². The lowest BCUT2D eigenvalue weighted by molar-refractivity contribution is 0.367. The van der Waals surface area contributed by atoms with Gasteiger partial charge in [0.15, 0.2) is 11.5 Å². The smallest absolute Gasteiger partial charge is 0.163 e. The summed E-state index contributed by atoms with van der Waals surface area (Å²) >= 11 is 0. The van der Waals surface area contributed by atoms with Gasteiger partial charge in [-0.25, -0.2) is 0 Å². The number of methoxy groups -OCH3 is 1. The zero-order valence-corrected chi connectivity index (χ0v) is 10.8. The van der Waals surface area contributed by atoms with Gasteiger partial charge in [0.05, 0.1) is 7.11 Å². The summed E-state index contributed by atoms with van der Waals surface area (Å²) in [6, 6.07) is 1.78. The van der Waals surface area contributed by atoms with Gasteiger partial charge in [0.1, 0.15) is 0 Å². The summed E-state index contributed by atoms with van der Waals surface area (Å²) in [5.41, 5.74) is 9.40. The average Bonchev–Trinajstić information content (AvgIpc) is 2.72. The van der Waals surface area contributed by atoms with Crippen molar-refractivity contribution in [2.75, 3.05) is 7.11 Å². The summed E-state index contributed by atoms with van der Waals surface area (Å²) in [5, 5.41) is 9.99. The monoisotopic (exact) mass is 235 g/mol. The molecule has 3 N–H and O–H groups in total. The van der Waals surface area contributed by atoms with E-state index < -0.39 is 0 Å². The first kappa shape index (κ1) is 12.2. The molecule has 0 radical (unpaired) electrons. The Kier molecular flexibility index (Phi) is 3.04. The maximum Gasteiger partial charge on any atom is 0.163 e. The van der Waals surface area contributed by atoms with Crippen LogP contribution < -0.4 is 10.5 Å². The molecule has 0 spiro atoms. The van der Waals surface area contributed by atoms with Crippen LogP contribution in [-0.4, -0.2) is 12.2 Å². The van der Waals surface area contributed by atoms with Gasteiger partial charge < -0.3 is 15.6 Å². The fourth-order valence-corrected chi connectivity index (χ4v) is 2.92. The number of ether oxygens (including phenoxy) is 1. The van der Waals surface area contributed by atoms with Crippen molar-refractivity contribution in [2.45, 2.75) is 45.1 Å². The standard InChI is InChI=1S/C14H21NO2/c1-9-10(2)13(17-3)12(16)8-11(9)14(15)6-4-5-7-14/h8,16H,4-7,15H2,1-3H3. The third-order valence-electron chi connectivity index (χ3n) is 4.06. The minimum absolute atomic E-state index is 0.197. The summed E-state index contributed by atoms with van der Waals surface area (Å²) in [5.74, 6) is 0.759. The Morgan fingerprint density at radius 2 is 1.82 bits per heavy atom. The fourth-order valence-electron chi connectivity index (χ4n) is 2.92. The third-order valence-corrected chi connectivity index (χ3v) is 4.06. The number of hydrogen-bond acceptors (Lipinski definition) is 3. The molecule has 1 saturated carbocycles. The largest absolute Gasteiger partial charge is 0.504 e. The highest BCUT2D eigenvalue weighted by Gasteiger charge is 2.34. The van der Waals surface area contributed by atoms with Crippen LogP contribution in [0.4, 0.5) is 0 Å². The van der Waals surface area contributed by atoms with Gasteiger partial charge in [0.25, 0.3) is 0 Å². The molecule has 0 amide bonds. The summed E-state index contributed by atoms with van der Waals surface area (Å²) in [7, 11) is 1.58. The summed E-state index contributed by atoms with van der Waals surface area (Å²) in [4.78, 5) is 0. The van der Waals surface area contributed by atoms with Crippen LogP contribution in [0.1, 0.15) is 42.4 Å². The van der Waals surface area contributed by atoms with Crippen molar-refractivity contribution in [3.63, 3.8) is 0 Å². The molecule has 3 heteroatoms. The molecule has 0 aliphatic heterocycles. The first-order valence-electron chi connectivity index (χ1n) is 6.16. The molecule has 0 heterocycles. The van der Waals surface area contributed by atoms with Crippen LogP contribution in [0, 0.1) is 13.8 Å². The van der Waals surface area contributed by atoms with E-state index >= 15 is 0 Å². The van der Waals surface area contributed by atoms with Crippen molar-refractivity contribution in [3.8, 4) is 11.5 Å². The van der Waals surface area contributed by atoms with E-state index in [1.54, 1.807) is 13.2 Å². The van der Waals surface area contributed by atoms with Crippen LogP contribution in [0.2, 0.25) is 0 Å². The molecule has 3 nitrogen and oxygen atoms in total. The molecule has 17 heavy (non-hydrogen) atoms.